The van der Waals surface area contributed by atoms with Gasteiger partial charge in [-0.3, -0.25) is 0 Å². The van der Waals surface area contributed by atoms with E-state index in [1.54, 1.807) is 0 Å². The number of alkyl halides is 3. The number of hydrogen-bond acceptors (Lipinski definition) is 4. The van der Waals surface area contributed by atoms with Gasteiger partial charge in [-0.1, -0.05) is 12.1 Å². The van der Waals surface area contributed by atoms with Crippen molar-refractivity contribution in [2.45, 2.75) is 6.18 Å². The molecule has 4 nitrogen and oxygen atoms in total. The van der Waals surface area contributed by atoms with Crippen LogP contribution in [-0.2, 0) is 6.18 Å². The zero-order valence-corrected chi connectivity index (χ0v) is 8.98. The number of aromatic nitrogens is 2. The molecule has 0 aliphatic heterocycles. The van der Waals surface area contributed by atoms with Gasteiger partial charge in [-0.15, -0.1) is 0 Å². The number of benzene rings is 1. The molecule has 0 saturated heterocycles. The van der Waals surface area contributed by atoms with Gasteiger partial charge in [0.05, 0.1) is 5.56 Å². The van der Waals surface area contributed by atoms with Crippen molar-refractivity contribution in [3.05, 3.63) is 42.2 Å². The van der Waals surface area contributed by atoms with Gasteiger partial charge in [0.25, 0.3) is 5.88 Å². The van der Waals surface area contributed by atoms with E-state index in [0.717, 1.165) is 6.07 Å². The predicted molar refractivity (Wildman–Crippen MR) is 58.0 cm³/mol. The number of ether oxygens (including phenoxy) is 1. The van der Waals surface area contributed by atoms with Gasteiger partial charge >= 0.3 is 6.18 Å². The van der Waals surface area contributed by atoms with Crippen molar-refractivity contribution in [3.8, 4) is 11.6 Å². The van der Waals surface area contributed by atoms with E-state index in [-0.39, 0.29) is 17.4 Å². The summed E-state index contributed by atoms with van der Waals surface area (Å²) >= 11 is 0. The minimum atomic E-state index is -4.51. The zero-order chi connectivity index (χ0) is 13.2. The molecule has 0 spiro atoms. The number of para-hydroxylation sites is 1. The first-order chi connectivity index (χ1) is 8.48. The molecule has 18 heavy (non-hydrogen) atoms. The highest BCUT2D eigenvalue weighted by Crippen LogP contribution is 2.37. The van der Waals surface area contributed by atoms with Crippen LogP contribution in [0.2, 0.25) is 0 Å². The molecule has 0 amide bonds. The van der Waals surface area contributed by atoms with Crippen LogP contribution in [0.5, 0.6) is 11.6 Å². The first kappa shape index (κ1) is 12.2. The lowest BCUT2D eigenvalue weighted by atomic mass is 10.2. The van der Waals surface area contributed by atoms with E-state index in [9.17, 15) is 13.2 Å². The molecule has 1 aromatic heterocycles. The number of hydrogen-bond donors (Lipinski definition) is 1. The molecule has 0 saturated carbocycles. The van der Waals surface area contributed by atoms with Crippen LogP contribution in [0, 0.1) is 0 Å². The van der Waals surface area contributed by atoms with Gasteiger partial charge in [-0.2, -0.15) is 13.2 Å². The minimum Gasteiger partial charge on any atom is -0.435 e. The highest BCUT2D eigenvalue weighted by molar-refractivity contribution is 5.44. The van der Waals surface area contributed by atoms with Gasteiger partial charge < -0.3 is 10.5 Å². The Morgan fingerprint density at radius 1 is 1.06 bits per heavy atom. The van der Waals surface area contributed by atoms with Crippen LogP contribution < -0.4 is 10.5 Å². The van der Waals surface area contributed by atoms with Crippen molar-refractivity contribution in [2.75, 3.05) is 5.73 Å². The molecule has 0 unspecified atom stereocenters. The topological polar surface area (TPSA) is 61.0 Å². The smallest absolute Gasteiger partial charge is 0.419 e. The number of halogens is 3. The Hall–Kier alpha value is -2.31. The molecule has 7 heteroatoms. The van der Waals surface area contributed by atoms with Crippen molar-refractivity contribution in [3.63, 3.8) is 0 Å². The van der Waals surface area contributed by atoms with Crippen LogP contribution in [0.25, 0.3) is 0 Å². The monoisotopic (exact) mass is 255 g/mol. The van der Waals surface area contributed by atoms with Gasteiger partial charge in [0.1, 0.15) is 5.75 Å². The van der Waals surface area contributed by atoms with Crippen molar-refractivity contribution >= 4 is 5.82 Å². The van der Waals surface area contributed by atoms with Crippen LogP contribution in [0.15, 0.2) is 36.7 Å². The van der Waals surface area contributed by atoms with Gasteiger partial charge in [-0.05, 0) is 12.1 Å². The number of rotatable bonds is 2. The maximum absolute atomic E-state index is 12.7. The Morgan fingerprint density at radius 3 is 2.39 bits per heavy atom. The fourth-order valence-corrected chi connectivity index (χ4v) is 1.31. The molecule has 0 aliphatic rings. The summed E-state index contributed by atoms with van der Waals surface area (Å²) in [6.07, 6.45) is -1.91. The first-order valence-corrected chi connectivity index (χ1v) is 4.89. The quantitative estimate of drug-likeness (QED) is 0.896. The van der Waals surface area contributed by atoms with E-state index in [0.29, 0.717) is 0 Å². The molecule has 0 aliphatic carbocycles. The minimum absolute atomic E-state index is 0.0746. The van der Waals surface area contributed by atoms with Gasteiger partial charge in [0.2, 0.25) is 0 Å². The van der Waals surface area contributed by atoms with Crippen molar-refractivity contribution in [2.24, 2.45) is 0 Å². The number of nitrogen functional groups attached to an aromatic ring is 1. The predicted octanol–water partition coefficient (Wildman–Crippen LogP) is 2.87. The lowest BCUT2D eigenvalue weighted by Crippen LogP contribution is -2.07. The Morgan fingerprint density at radius 2 is 1.72 bits per heavy atom. The average molecular weight is 255 g/mol. The van der Waals surface area contributed by atoms with Gasteiger partial charge in [0, 0.05) is 12.4 Å². The van der Waals surface area contributed by atoms with E-state index in [1.807, 2.05) is 0 Å². The molecule has 94 valence electrons. The average Bonchev–Trinajstić information content (AvgIpc) is 2.31. The molecule has 0 bridgehead atoms. The lowest BCUT2D eigenvalue weighted by molar-refractivity contribution is -0.138. The van der Waals surface area contributed by atoms with Crippen LogP contribution in [-0.4, -0.2) is 9.97 Å². The summed E-state index contributed by atoms with van der Waals surface area (Å²) < 4.78 is 43.2. The van der Waals surface area contributed by atoms with E-state index in [4.69, 9.17) is 10.5 Å². The van der Waals surface area contributed by atoms with E-state index < -0.39 is 11.7 Å². The van der Waals surface area contributed by atoms with Crippen LogP contribution in [0.4, 0.5) is 19.0 Å². The van der Waals surface area contributed by atoms with Crippen LogP contribution >= 0.6 is 0 Å². The highest BCUT2D eigenvalue weighted by atomic mass is 19.4. The van der Waals surface area contributed by atoms with Crippen molar-refractivity contribution in [1.82, 2.24) is 9.97 Å². The molecule has 1 heterocycles. The summed E-state index contributed by atoms with van der Waals surface area (Å²) in [5.74, 6) is -0.596. The van der Waals surface area contributed by atoms with E-state index in [1.165, 1.54) is 30.6 Å². The fourth-order valence-electron chi connectivity index (χ4n) is 1.31. The zero-order valence-electron chi connectivity index (χ0n) is 8.98. The largest absolute Gasteiger partial charge is 0.435 e. The van der Waals surface area contributed by atoms with Gasteiger partial charge in [0.15, 0.2) is 5.82 Å². The highest BCUT2D eigenvalue weighted by Gasteiger charge is 2.34. The molecule has 0 fully saturated rings. The number of anilines is 1. The molecule has 2 rings (SSSR count). The normalized spacial score (nSPS) is 11.3. The number of nitrogens with two attached hydrogens (primary N) is 1. The van der Waals surface area contributed by atoms with Crippen LogP contribution in [0.3, 0.4) is 0 Å². The second kappa shape index (κ2) is 4.52. The summed E-state index contributed by atoms with van der Waals surface area (Å²) in [5.41, 5.74) is 4.55. The lowest BCUT2D eigenvalue weighted by Gasteiger charge is -2.13. The summed E-state index contributed by atoms with van der Waals surface area (Å²) in [6, 6.07) is 4.81. The maximum atomic E-state index is 12.7. The number of nitrogens with zero attached hydrogens (tertiary/aromatic N) is 2. The Balaban J connectivity index is 2.39. The Labute approximate surface area is 100 Å². The summed E-state index contributed by atoms with van der Waals surface area (Å²) in [6.45, 7) is 0. The summed E-state index contributed by atoms with van der Waals surface area (Å²) in [7, 11) is 0. The second-order valence-corrected chi connectivity index (χ2v) is 3.34. The van der Waals surface area contributed by atoms with E-state index >= 15 is 0 Å². The first-order valence-electron chi connectivity index (χ1n) is 4.89. The standard InChI is InChI=1S/C11H8F3N3O/c12-11(13,14)7-3-1-2-4-8(7)18-10-9(15)16-5-6-17-10/h1-6H,(H2,15,16). The van der Waals surface area contributed by atoms with Crippen LogP contribution in [0.1, 0.15) is 5.56 Å². The summed E-state index contributed by atoms with van der Waals surface area (Å²) in [5, 5.41) is 0. The van der Waals surface area contributed by atoms with Crippen molar-refractivity contribution in [1.29, 1.82) is 0 Å². The third kappa shape index (κ3) is 2.50. The fraction of sp³-hybridized carbons (Fsp3) is 0.0909. The Kier molecular flexibility index (Phi) is 3.05. The third-order valence-electron chi connectivity index (χ3n) is 2.09. The SMILES string of the molecule is Nc1nccnc1Oc1ccccc1C(F)(F)F. The molecule has 0 atom stereocenters. The molecule has 0 radical (unpaired) electrons. The molecular weight excluding hydrogens is 247 g/mol. The second-order valence-electron chi connectivity index (χ2n) is 3.34. The molecule has 2 aromatic rings. The maximum Gasteiger partial charge on any atom is 0.419 e. The van der Waals surface area contributed by atoms with Crippen molar-refractivity contribution < 1.29 is 17.9 Å². The van der Waals surface area contributed by atoms with Gasteiger partial charge in [-0.25, -0.2) is 9.97 Å². The third-order valence-corrected chi connectivity index (χ3v) is 2.09. The Bertz CT molecular complexity index is 557. The van der Waals surface area contributed by atoms with E-state index in [2.05, 4.69) is 9.97 Å². The summed E-state index contributed by atoms with van der Waals surface area (Å²) in [4.78, 5) is 7.40. The molecular formula is C11H8F3N3O. The molecule has 1 aromatic carbocycles. The molecule has 2 N–H and O–H groups in total.